The average molecular weight is 284 g/mol. The highest BCUT2D eigenvalue weighted by molar-refractivity contribution is 7.09. The van der Waals surface area contributed by atoms with E-state index in [1.807, 2.05) is 5.38 Å². The van der Waals surface area contributed by atoms with Crippen LogP contribution in [-0.4, -0.2) is 10.1 Å². The maximum absolute atomic E-state index is 9.23. The lowest BCUT2D eigenvalue weighted by molar-refractivity contribution is 0.257. The number of ether oxygens (including phenoxy) is 1. The van der Waals surface area contributed by atoms with E-state index < -0.39 is 0 Å². The van der Waals surface area contributed by atoms with Crippen molar-refractivity contribution in [1.82, 2.24) is 4.98 Å². The molecule has 2 rings (SSSR count). The summed E-state index contributed by atoms with van der Waals surface area (Å²) in [5.74, 6) is 0.646. The number of hydrogen-bond acceptors (Lipinski definition) is 4. The molecule has 0 fully saturated rings. The van der Waals surface area contributed by atoms with Crippen molar-refractivity contribution in [2.24, 2.45) is 0 Å². The Morgan fingerprint density at radius 2 is 2.28 bits per heavy atom. The number of rotatable bonds is 5. The lowest BCUT2D eigenvalue weighted by Crippen LogP contribution is -1.99. The highest BCUT2D eigenvalue weighted by Crippen LogP contribution is 2.24. The van der Waals surface area contributed by atoms with E-state index in [0.717, 1.165) is 17.1 Å². The Kier molecular flexibility index (Phi) is 4.58. The fourth-order valence-electron chi connectivity index (χ4n) is 1.54. The van der Waals surface area contributed by atoms with Gasteiger partial charge in [0.2, 0.25) is 0 Å². The van der Waals surface area contributed by atoms with Crippen molar-refractivity contribution >= 4 is 22.9 Å². The largest absolute Gasteiger partial charge is 0.487 e. The number of hydrogen-bond donors (Lipinski definition) is 1. The first-order chi connectivity index (χ1) is 8.72. The van der Waals surface area contributed by atoms with Gasteiger partial charge in [-0.1, -0.05) is 18.5 Å². The van der Waals surface area contributed by atoms with E-state index in [1.165, 1.54) is 0 Å². The highest BCUT2D eigenvalue weighted by Gasteiger charge is 2.06. The van der Waals surface area contributed by atoms with E-state index in [1.54, 1.807) is 29.5 Å². The van der Waals surface area contributed by atoms with Crippen molar-refractivity contribution < 1.29 is 9.84 Å². The number of thiazole rings is 1. The number of nitrogens with zero attached hydrogens (tertiary/aromatic N) is 1. The van der Waals surface area contributed by atoms with Gasteiger partial charge in [0.1, 0.15) is 12.4 Å². The van der Waals surface area contributed by atoms with Crippen molar-refractivity contribution in [2.45, 2.75) is 26.6 Å². The first-order valence-corrected chi connectivity index (χ1v) is 6.94. The third kappa shape index (κ3) is 3.22. The molecule has 0 aliphatic rings. The average Bonchev–Trinajstić information content (AvgIpc) is 2.85. The summed E-state index contributed by atoms with van der Waals surface area (Å²) in [5.41, 5.74) is 1.60. The van der Waals surface area contributed by atoms with Crippen LogP contribution in [0.5, 0.6) is 5.75 Å². The van der Waals surface area contributed by atoms with Gasteiger partial charge in [-0.25, -0.2) is 4.98 Å². The van der Waals surface area contributed by atoms with E-state index >= 15 is 0 Å². The fourth-order valence-corrected chi connectivity index (χ4v) is 2.47. The summed E-state index contributed by atoms with van der Waals surface area (Å²) in [6.45, 7) is 2.39. The van der Waals surface area contributed by atoms with Crippen LogP contribution >= 0.6 is 22.9 Å². The molecule has 0 saturated carbocycles. The third-order valence-corrected chi connectivity index (χ3v) is 3.75. The summed E-state index contributed by atoms with van der Waals surface area (Å²) in [7, 11) is 0. The Labute approximate surface area is 115 Å². The molecule has 0 atom stereocenters. The minimum atomic E-state index is -0.0901. The number of aliphatic hydroxyl groups is 1. The van der Waals surface area contributed by atoms with Crippen LogP contribution in [-0.2, 0) is 19.6 Å². The van der Waals surface area contributed by atoms with E-state index in [2.05, 4.69) is 11.9 Å². The Morgan fingerprint density at radius 3 is 2.94 bits per heavy atom. The molecule has 1 aromatic carbocycles. The molecule has 1 heterocycles. The minimum Gasteiger partial charge on any atom is -0.487 e. The molecule has 0 bridgehead atoms. The standard InChI is InChI=1S/C13H14ClNO2S/c1-2-13-15-11(8-18-13)7-17-12-4-3-10(14)5-9(12)6-16/h3-5,8,16H,2,6-7H2,1H3. The molecule has 18 heavy (non-hydrogen) atoms. The molecule has 0 spiro atoms. The molecule has 0 unspecified atom stereocenters. The molecular formula is C13H14ClNO2S. The van der Waals surface area contributed by atoms with Gasteiger partial charge in [-0.05, 0) is 24.6 Å². The number of halogens is 1. The number of aliphatic hydroxyl groups excluding tert-OH is 1. The SMILES string of the molecule is CCc1nc(COc2ccc(Cl)cc2CO)cs1. The van der Waals surface area contributed by atoms with Gasteiger partial charge in [0, 0.05) is 16.0 Å². The van der Waals surface area contributed by atoms with Gasteiger partial charge in [0.15, 0.2) is 0 Å². The fraction of sp³-hybridized carbons (Fsp3) is 0.308. The smallest absolute Gasteiger partial charge is 0.131 e. The maximum atomic E-state index is 9.23. The predicted molar refractivity (Wildman–Crippen MR) is 73.2 cm³/mol. The third-order valence-electron chi connectivity index (χ3n) is 2.47. The van der Waals surface area contributed by atoms with Crippen LogP contribution in [0.1, 0.15) is 23.2 Å². The molecule has 1 N–H and O–H groups in total. The Morgan fingerprint density at radius 1 is 1.44 bits per heavy atom. The lowest BCUT2D eigenvalue weighted by Gasteiger charge is -2.09. The highest BCUT2D eigenvalue weighted by atomic mass is 35.5. The zero-order valence-corrected chi connectivity index (χ0v) is 11.6. The van der Waals surface area contributed by atoms with Crippen LogP contribution in [0.4, 0.5) is 0 Å². The van der Waals surface area contributed by atoms with Gasteiger partial charge in [-0.15, -0.1) is 11.3 Å². The Hall–Kier alpha value is -1.10. The van der Waals surface area contributed by atoms with Crippen molar-refractivity contribution in [1.29, 1.82) is 0 Å². The number of aryl methyl sites for hydroxylation is 1. The zero-order chi connectivity index (χ0) is 13.0. The van der Waals surface area contributed by atoms with Gasteiger partial charge in [-0.3, -0.25) is 0 Å². The van der Waals surface area contributed by atoms with Gasteiger partial charge in [-0.2, -0.15) is 0 Å². The Bertz CT molecular complexity index is 527. The molecule has 0 saturated heterocycles. The van der Waals surface area contributed by atoms with Crippen LogP contribution in [0.3, 0.4) is 0 Å². The van der Waals surface area contributed by atoms with Crippen molar-refractivity contribution in [2.75, 3.05) is 0 Å². The minimum absolute atomic E-state index is 0.0901. The second-order valence-corrected chi connectivity index (χ2v) is 5.16. The Balaban J connectivity index is 2.05. The number of aromatic nitrogens is 1. The second kappa shape index (κ2) is 6.18. The van der Waals surface area contributed by atoms with Crippen molar-refractivity contribution in [3.8, 4) is 5.75 Å². The molecular weight excluding hydrogens is 270 g/mol. The molecule has 5 heteroatoms. The topological polar surface area (TPSA) is 42.4 Å². The summed E-state index contributed by atoms with van der Waals surface area (Å²) in [4.78, 5) is 4.42. The van der Waals surface area contributed by atoms with Gasteiger partial charge >= 0.3 is 0 Å². The summed E-state index contributed by atoms with van der Waals surface area (Å²) in [6.07, 6.45) is 0.938. The van der Waals surface area contributed by atoms with E-state index in [0.29, 0.717) is 22.9 Å². The van der Waals surface area contributed by atoms with Gasteiger partial charge < -0.3 is 9.84 Å². The van der Waals surface area contributed by atoms with E-state index in [-0.39, 0.29) is 6.61 Å². The summed E-state index contributed by atoms with van der Waals surface area (Å²) >= 11 is 7.49. The van der Waals surface area contributed by atoms with Crippen molar-refractivity contribution in [3.63, 3.8) is 0 Å². The number of benzene rings is 1. The summed E-state index contributed by atoms with van der Waals surface area (Å²) in [5, 5.41) is 12.9. The summed E-state index contributed by atoms with van der Waals surface area (Å²) < 4.78 is 5.65. The monoisotopic (exact) mass is 283 g/mol. The summed E-state index contributed by atoms with van der Waals surface area (Å²) in [6, 6.07) is 5.21. The molecule has 0 amide bonds. The van der Waals surface area contributed by atoms with Gasteiger partial charge in [0.25, 0.3) is 0 Å². The van der Waals surface area contributed by atoms with E-state index in [4.69, 9.17) is 16.3 Å². The second-order valence-electron chi connectivity index (χ2n) is 3.78. The molecule has 3 nitrogen and oxygen atoms in total. The quantitative estimate of drug-likeness (QED) is 0.914. The van der Waals surface area contributed by atoms with Gasteiger partial charge in [0.05, 0.1) is 17.3 Å². The van der Waals surface area contributed by atoms with E-state index in [9.17, 15) is 5.11 Å². The first kappa shape index (κ1) is 13.3. The van der Waals surface area contributed by atoms with Crippen LogP contribution in [0.15, 0.2) is 23.6 Å². The first-order valence-electron chi connectivity index (χ1n) is 5.68. The van der Waals surface area contributed by atoms with Crippen LogP contribution in [0.25, 0.3) is 0 Å². The predicted octanol–water partition coefficient (Wildman–Crippen LogP) is 3.43. The van der Waals surface area contributed by atoms with Crippen LogP contribution < -0.4 is 4.74 Å². The maximum Gasteiger partial charge on any atom is 0.131 e. The molecule has 96 valence electrons. The molecule has 2 aromatic rings. The zero-order valence-electron chi connectivity index (χ0n) is 10.0. The van der Waals surface area contributed by atoms with Crippen LogP contribution in [0.2, 0.25) is 5.02 Å². The van der Waals surface area contributed by atoms with Crippen LogP contribution in [0, 0.1) is 0 Å². The normalized spacial score (nSPS) is 10.6. The molecule has 1 aromatic heterocycles. The lowest BCUT2D eigenvalue weighted by atomic mass is 10.2. The molecule has 0 radical (unpaired) electrons. The molecule has 0 aliphatic carbocycles. The van der Waals surface area contributed by atoms with Crippen molar-refractivity contribution in [3.05, 3.63) is 44.9 Å². The molecule has 0 aliphatic heterocycles.